The number of carbonyl (C=O) groups is 1. The van der Waals surface area contributed by atoms with Crippen LogP contribution in [-0.4, -0.2) is 30.2 Å². The lowest BCUT2D eigenvalue weighted by molar-refractivity contribution is -0.123. The Bertz CT molecular complexity index is 338. The summed E-state index contributed by atoms with van der Waals surface area (Å²) < 4.78 is 5.14. The maximum Gasteiger partial charge on any atom is 0.237 e. The largest absolute Gasteiger partial charge is 0.467 e. The number of aliphatic hydroxyl groups excluding tert-OH is 1. The number of hydrogen-bond acceptors (Lipinski definition) is 4. The fourth-order valence-electron chi connectivity index (χ4n) is 1.74. The summed E-state index contributed by atoms with van der Waals surface area (Å²) in [5.74, 6) is 0.733. The van der Waals surface area contributed by atoms with E-state index in [1.54, 1.807) is 12.3 Å². The Morgan fingerprint density at radius 1 is 1.37 bits per heavy atom. The number of rotatable bonds is 10. The molecule has 1 unspecified atom stereocenters. The van der Waals surface area contributed by atoms with Gasteiger partial charge in [0.1, 0.15) is 5.76 Å². The van der Waals surface area contributed by atoms with Crippen LogP contribution >= 0.6 is 0 Å². The first-order chi connectivity index (χ1) is 9.24. The molecule has 5 heteroatoms. The van der Waals surface area contributed by atoms with Crippen molar-refractivity contribution in [2.45, 2.75) is 45.2 Å². The average molecular weight is 268 g/mol. The second-order valence-electron chi connectivity index (χ2n) is 4.61. The molecule has 0 fully saturated rings. The zero-order chi connectivity index (χ0) is 13.9. The molecule has 0 aliphatic heterocycles. The topological polar surface area (TPSA) is 74.5 Å². The predicted molar refractivity (Wildman–Crippen MR) is 73.6 cm³/mol. The molecule has 108 valence electrons. The molecule has 1 rings (SSSR count). The molecule has 0 saturated heterocycles. The predicted octanol–water partition coefficient (Wildman–Crippen LogP) is 1.43. The van der Waals surface area contributed by atoms with Crippen LogP contribution in [0.1, 0.15) is 38.4 Å². The number of unbranched alkanes of at least 4 members (excludes halogenated alkanes) is 3. The summed E-state index contributed by atoms with van der Waals surface area (Å²) in [7, 11) is 0. The van der Waals surface area contributed by atoms with Crippen LogP contribution < -0.4 is 10.6 Å². The third-order valence-corrected chi connectivity index (χ3v) is 2.95. The van der Waals surface area contributed by atoms with Crippen LogP contribution in [0.15, 0.2) is 22.8 Å². The lowest BCUT2D eigenvalue weighted by Gasteiger charge is -2.13. The zero-order valence-electron chi connectivity index (χ0n) is 11.5. The number of hydrogen-bond donors (Lipinski definition) is 3. The van der Waals surface area contributed by atoms with Gasteiger partial charge < -0.3 is 20.2 Å². The Kier molecular flexibility index (Phi) is 7.93. The van der Waals surface area contributed by atoms with E-state index in [0.717, 1.165) is 38.0 Å². The van der Waals surface area contributed by atoms with Gasteiger partial charge in [-0.2, -0.15) is 0 Å². The average Bonchev–Trinajstić information content (AvgIpc) is 2.93. The molecular formula is C14H24N2O3. The van der Waals surface area contributed by atoms with Crippen LogP contribution in [0.3, 0.4) is 0 Å². The standard InChI is InChI=1S/C14H24N2O3/c1-12(15-8-4-2-3-5-9-17)14(18)16-11-13-7-6-10-19-13/h6-7,10,12,15,17H,2-5,8-9,11H2,1H3,(H,16,18). The molecule has 5 nitrogen and oxygen atoms in total. The molecule has 1 atom stereocenters. The lowest BCUT2D eigenvalue weighted by atomic mass is 10.2. The van der Waals surface area contributed by atoms with E-state index in [4.69, 9.17) is 9.52 Å². The Hall–Kier alpha value is -1.33. The van der Waals surface area contributed by atoms with E-state index in [1.807, 2.05) is 13.0 Å². The number of amides is 1. The van der Waals surface area contributed by atoms with Crippen LogP contribution in [0.25, 0.3) is 0 Å². The van der Waals surface area contributed by atoms with E-state index in [1.165, 1.54) is 0 Å². The lowest BCUT2D eigenvalue weighted by Crippen LogP contribution is -2.42. The molecule has 1 aromatic heterocycles. The van der Waals surface area contributed by atoms with Gasteiger partial charge in [0.25, 0.3) is 0 Å². The van der Waals surface area contributed by atoms with E-state index in [0.29, 0.717) is 6.54 Å². The molecule has 0 aliphatic rings. The van der Waals surface area contributed by atoms with Gasteiger partial charge in [0.05, 0.1) is 18.8 Å². The Balaban J connectivity index is 2.04. The van der Waals surface area contributed by atoms with Crippen molar-refractivity contribution in [2.75, 3.05) is 13.2 Å². The highest BCUT2D eigenvalue weighted by Crippen LogP contribution is 2.00. The van der Waals surface area contributed by atoms with Gasteiger partial charge in [-0.3, -0.25) is 4.79 Å². The van der Waals surface area contributed by atoms with Crippen molar-refractivity contribution in [3.63, 3.8) is 0 Å². The number of furan rings is 1. The van der Waals surface area contributed by atoms with Gasteiger partial charge in [0, 0.05) is 6.61 Å². The van der Waals surface area contributed by atoms with Gasteiger partial charge in [-0.15, -0.1) is 0 Å². The van der Waals surface area contributed by atoms with Crippen LogP contribution in [-0.2, 0) is 11.3 Å². The maximum absolute atomic E-state index is 11.8. The highest BCUT2D eigenvalue weighted by atomic mass is 16.3. The van der Waals surface area contributed by atoms with Crippen molar-refractivity contribution in [1.29, 1.82) is 0 Å². The fraction of sp³-hybridized carbons (Fsp3) is 0.643. The molecule has 0 saturated carbocycles. The number of nitrogens with one attached hydrogen (secondary N) is 2. The van der Waals surface area contributed by atoms with Gasteiger partial charge in [-0.25, -0.2) is 0 Å². The number of carbonyl (C=O) groups excluding carboxylic acids is 1. The van der Waals surface area contributed by atoms with Crippen molar-refractivity contribution in [2.24, 2.45) is 0 Å². The monoisotopic (exact) mass is 268 g/mol. The highest BCUT2D eigenvalue weighted by Gasteiger charge is 2.11. The first kappa shape index (κ1) is 15.7. The molecule has 3 N–H and O–H groups in total. The van der Waals surface area contributed by atoms with Gasteiger partial charge in [-0.05, 0) is 38.4 Å². The second-order valence-corrected chi connectivity index (χ2v) is 4.61. The van der Waals surface area contributed by atoms with E-state index >= 15 is 0 Å². The third-order valence-electron chi connectivity index (χ3n) is 2.95. The third kappa shape index (κ3) is 6.98. The molecule has 0 aliphatic carbocycles. The van der Waals surface area contributed by atoms with Crippen LogP contribution in [0.5, 0.6) is 0 Å². The van der Waals surface area contributed by atoms with E-state index in [2.05, 4.69) is 10.6 Å². The summed E-state index contributed by atoms with van der Waals surface area (Å²) in [6.07, 6.45) is 5.59. The van der Waals surface area contributed by atoms with Crippen molar-refractivity contribution in [3.8, 4) is 0 Å². The first-order valence-electron chi connectivity index (χ1n) is 6.88. The minimum absolute atomic E-state index is 0.0215. The molecule has 1 heterocycles. The summed E-state index contributed by atoms with van der Waals surface area (Å²) in [4.78, 5) is 11.8. The van der Waals surface area contributed by atoms with Crippen molar-refractivity contribution < 1.29 is 14.3 Å². The van der Waals surface area contributed by atoms with Gasteiger partial charge >= 0.3 is 0 Å². The quantitative estimate of drug-likeness (QED) is 0.561. The molecule has 1 amide bonds. The second kappa shape index (κ2) is 9.58. The summed E-state index contributed by atoms with van der Waals surface area (Å²) in [6, 6.07) is 3.43. The molecular weight excluding hydrogens is 244 g/mol. The summed E-state index contributed by atoms with van der Waals surface area (Å²) in [6.45, 7) is 3.36. The van der Waals surface area contributed by atoms with Crippen molar-refractivity contribution in [1.82, 2.24) is 10.6 Å². The van der Waals surface area contributed by atoms with Gasteiger partial charge in [0.15, 0.2) is 0 Å². The van der Waals surface area contributed by atoms with E-state index in [-0.39, 0.29) is 18.6 Å². The molecule has 1 aromatic rings. The minimum atomic E-state index is -0.201. The van der Waals surface area contributed by atoms with Gasteiger partial charge in [0.2, 0.25) is 5.91 Å². The molecule has 0 aromatic carbocycles. The normalized spacial score (nSPS) is 12.3. The minimum Gasteiger partial charge on any atom is -0.467 e. The fourth-order valence-corrected chi connectivity index (χ4v) is 1.74. The highest BCUT2D eigenvalue weighted by molar-refractivity contribution is 5.81. The molecule has 0 bridgehead atoms. The van der Waals surface area contributed by atoms with E-state index in [9.17, 15) is 4.79 Å². The SMILES string of the molecule is CC(NCCCCCCO)C(=O)NCc1ccco1. The zero-order valence-corrected chi connectivity index (χ0v) is 11.5. The Morgan fingerprint density at radius 2 is 2.16 bits per heavy atom. The van der Waals surface area contributed by atoms with E-state index < -0.39 is 0 Å². The van der Waals surface area contributed by atoms with Crippen molar-refractivity contribution >= 4 is 5.91 Å². The molecule has 0 spiro atoms. The smallest absolute Gasteiger partial charge is 0.237 e. The Morgan fingerprint density at radius 3 is 2.84 bits per heavy atom. The molecule has 0 radical (unpaired) electrons. The Labute approximate surface area is 114 Å². The number of aliphatic hydroxyl groups is 1. The van der Waals surface area contributed by atoms with Crippen molar-refractivity contribution in [3.05, 3.63) is 24.2 Å². The van der Waals surface area contributed by atoms with Crippen LogP contribution in [0, 0.1) is 0 Å². The summed E-state index contributed by atoms with van der Waals surface area (Å²) in [5.41, 5.74) is 0. The summed E-state index contributed by atoms with van der Waals surface area (Å²) in [5, 5.41) is 14.6. The van der Waals surface area contributed by atoms with Crippen LogP contribution in [0.2, 0.25) is 0 Å². The maximum atomic E-state index is 11.8. The molecule has 19 heavy (non-hydrogen) atoms. The first-order valence-corrected chi connectivity index (χ1v) is 6.88. The van der Waals surface area contributed by atoms with Gasteiger partial charge in [-0.1, -0.05) is 12.8 Å². The summed E-state index contributed by atoms with van der Waals surface area (Å²) >= 11 is 0. The van der Waals surface area contributed by atoms with Crippen LogP contribution in [0.4, 0.5) is 0 Å².